The summed E-state index contributed by atoms with van der Waals surface area (Å²) in [5, 5.41) is 23.4. The van der Waals surface area contributed by atoms with Gasteiger partial charge in [0, 0.05) is 33.0 Å². The molecule has 0 saturated heterocycles. The lowest BCUT2D eigenvalue weighted by molar-refractivity contribution is -0.384. The van der Waals surface area contributed by atoms with Crippen molar-refractivity contribution in [2.75, 3.05) is 0 Å². The van der Waals surface area contributed by atoms with Crippen molar-refractivity contribution in [2.45, 2.75) is 6.42 Å². The van der Waals surface area contributed by atoms with Crippen LogP contribution in [-0.4, -0.2) is 14.4 Å². The van der Waals surface area contributed by atoms with Gasteiger partial charge in [0.15, 0.2) is 0 Å². The Morgan fingerprint density at radius 2 is 1.08 bits per heavy atom. The van der Waals surface area contributed by atoms with Crippen LogP contribution in [-0.2, 0) is 6.42 Å². The van der Waals surface area contributed by atoms with Crippen molar-refractivity contribution in [1.29, 1.82) is 0 Å². The van der Waals surface area contributed by atoms with E-state index in [9.17, 15) is 20.2 Å². The Bertz CT molecular complexity index is 2280. The van der Waals surface area contributed by atoms with E-state index in [2.05, 4.69) is 51.4 Å². The predicted octanol–water partition coefficient (Wildman–Crippen LogP) is 11.3. The van der Waals surface area contributed by atoms with Gasteiger partial charge < -0.3 is 4.57 Å². The number of allylic oxidation sites excluding steroid dienone is 1. The topological polar surface area (TPSA) is 91.2 Å². The van der Waals surface area contributed by atoms with Crippen molar-refractivity contribution >= 4 is 50.9 Å². The largest absolute Gasteiger partial charge is 0.317 e. The van der Waals surface area contributed by atoms with Crippen LogP contribution in [0.3, 0.4) is 0 Å². The molecule has 7 aromatic rings. The molecule has 1 aliphatic carbocycles. The fraction of sp³-hybridized carbons (Fsp3) is 0.0244. The summed E-state index contributed by atoms with van der Waals surface area (Å²) >= 11 is 2.28. The second kappa shape index (κ2) is 15.4. The number of nitrogens with zero attached hydrogens (tertiary/aromatic N) is 3. The summed E-state index contributed by atoms with van der Waals surface area (Å²) in [5.74, 6) is 0. The molecule has 0 radical (unpaired) electrons. The lowest BCUT2D eigenvalue weighted by atomic mass is 9.96. The van der Waals surface area contributed by atoms with E-state index in [1.807, 2.05) is 109 Å². The molecule has 0 amide bonds. The van der Waals surface area contributed by atoms with E-state index in [0.29, 0.717) is 11.1 Å². The van der Waals surface area contributed by atoms with Gasteiger partial charge in [0.05, 0.1) is 26.5 Å². The van der Waals surface area contributed by atoms with Gasteiger partial charge >= 0.3 is 0 Å². The first-order chi connectivity index (χ1) is 23.9. The van der Waals surface area contributed by atoms with E-state index in [0.717, 1.165) is 39.7 Å². The minimum absolute atomic E-state index is 0.123. The average Bonchev–Trinajstić information content (AvgIpc) is 3.81. The SMILES string of the molecule is Ic1ccccc1.O=[N+]([O-])c1ccccc1-c1cccc2c1C=CC2.O=[N+]([O-])c1ccccc1-c1cccc2c1ccn2-c1ccccc1. The molecule has 6 aromatic carbocycles. The fourth-order valence-electron chi connectivity index (χ4n) is 5.88. The van der Waals surface area contributed by atoms with Crippen LogP contribution in [0.15, 0.2) is 164 Å². The summed E-state index contributed by atoms with van der Waals surface area (Å²) in [4.78, 5) is 21.8. The molecule has 0 unspecified atom stereocenters. The number of rotatable bonds is 5. The second-order valence-electron chi connectivity index (χ2n) is 11.1. The Morgan fingerprint density at radius 3 is 1.69 bits per heavy atom. The van der Waals surface area contributed by atoms with Crippen LogP contribution in [0.5, 0.6) is 0 Å². The standard InChI is InChI=1S/C20H14N2O2.C15H11NO2.C6H5I/c23-22(24)20-11-5-4-9-17(20)16-10-6-12-19-18(16)13-14-21(19)15-7-2-1-3-8-15;17-16(18)15-10-2-1-7-14(15)13-9-4-6-11-5-3-8-12(11)13;7-6-4-2-1-3-5-6/h1-14H;1-4,6-10H,5H2;1-5H. The molecule has 49 heavy (non-hydrogen) atoms. The monoisotopic (exact) mass is 755 g/mol. The molecular formula is C41H30IN3O4. The number of fused-ring (bicyclic) bond motifs is 2. The van der Waals surface area contributed by atoms with Crippen molar-refractivity contribution in [3.8, 4) is 27.9 Å². The smallest absolute Gasteiger partial charge is 0.277 e. The van der Waals surface area contributed by atoms with Crippen molar-refractivity contribution in [2.24, 2.45) is 0 Å². The van der Waals surface area contributed by atoms with E-state index in [-0.39, 0.29) is 21.2 Å². The third kappa shape index (κ3) is 7.50. The number of hydrogen-bond donors (Lipinski definition) is 0. The van der Waals surface area contributed by atoms with Crippen molar-refractivity contribution in [1.82, 2.24) is 4.57 Å². The molecular weight excluding hydrogens is 725 g/mol. The number of nitro groups is 2. The highest BCUT2D eigenvalue weighted by atomic mass is 127. The maximum Gasteiger partial charge on any atom is 0.277 e. The number of para-hydroxylation sites is 3. The van der Waals surface area contributed by atoms with E-state index in [1.165, 1.54) is 9.13 Å². The number of hydrogen-bond acceptors (Lipinski definition) is 4. The van der Waals surface area contributed by atoms with E-state index in [4.69, 9.17) is 0 Å². The molecule has 0 spiro atoms. The molecule has 240 valence electrons. The van der Waals surface area contributed by atoms with Gasteiger partial charge in [0.25, 0.3) is 11.4 Å². The molecule has 8 rings (SSSR count). The zero-order valence-electron chi connectivity index (χ0n) is 26.2. The van der Waals surface area contributed by atoms with Gasteiger partial charge in [-0.25, -0.2) is 0 Å². The van der Waals surface area contributed by atoms with Gasteiger partial charge in [-0.05, 0) is 99.8 Å². The first kappa shape index (κ1) is 33.0. The summed E-state index contributed by atoms with van der Waals surface area (Å²) < 4.78 is 3.38. The fourth-order valence-corrected chi connectivity index (χ4v) is 6.29. The lowest BCUT2D eigenvalue weighted by Crippen LogP contribution is -1.93. The highest BCUT2D eigenvalue weighted by molar-refractivity contribution is 14.1. The zero-order valence-corrected chi connectivity index (χ0v) is 28.4. The number of aromatic nitrogens is 1. The maximum absolute atomic E-state index is 11.4. The van der Waals surface area contributed by atoms with Gasteiger partial charge in [0.2, 0.25) is 0 Å². The minimum Gasteiger partial charge on any atom is -0.317 e. The third-order valence-corrected chi connectivity index (χ3v) is 8.82. The average molecular weight is 756 g/mol. The first-order valence-electron chi connectivity index (χ1n) is 15.5. The Balaban J connectivity index is 0.000000146. The second-order valence-corrected chi connectivity index (χ2v) is 12.3. The summed E-state index contributed by atoms with van der Waals surface area (Å²) in [7, 11) is 0. The highest BCUT2D eigenvalue weighted by Crippen LogP contribution is 2.37. The molecule has 0 fully saturated rings. The van der Waals surface area contributed by atoms with Crippen molar-refractivity contribution in [3.05, 3.63) is 199 Å². The predicted molar refractivity (Wildman–Crippen MR) is 206 cm³/mol. The van der Waals surface area contributed by atoms with Gasteiger partial charge in [0.1, 0.15) is 0 Å². The molecule has 0 atom stereocenters. The Kier molecular flexibility index (Phi) is 10.4. The van der Waals surface area contributed by atoms with E-state index < -0.39 is 0 Å². The summed E-state index contributed by atoms with van der Waals surface area (Å²) in [6.45, 7) is 0. The number of halogens is 1. The van der Waals surface area contributed by atoms with Gasteiger partial charge in [-0.15, -0.1) is 0 Å². The van der Waals surface area contributed by atoms with Crippen LogP contribution < -0.4 is 0 Å². The maximum atomic E-state index is 11.4. The van der Waals surface area contributed by atoms with Crippen molar-refractivity contribution in [3.63, 3.8) is 0 Å². The molecule has 0 bridgehead atoms. The summed E-state index contributed by atoms with van der Waals surface area (Å²) in [6, 6.07) is 47.9. The molecule has 8 heteroatoms. The summed E-state index contributed by atoms with van der Waals surface area (Å²) in [5.41, 5.74) is 7.83. The highest BCUT2D eigenvalue weighted by Gasteiger charge is 2.19. The first-order valence-corrected chi connectivity index (χ1v) is 16.6. The molecule has 1 aromatic heterocycles. The molecule has 0 N–H and O–H groups in total. The molecule has 0 aliphatic heterocycles. The third-order valence-electron chi connectivity index (χ3n) is 8.10. The molecule has 7 nitrogen and oxygen atoms in total. The van der Waals surface area contributed by atoms with Crippen LogP contribution in [0.1, 0.15) is 11.1 Å². The number of nitro benzene ring substituents is 2. The summed E-state index contributed by atoms with van der Waals surface area (Å²) in [6.07, 6.45) is 7.03. The van der Waals surface area contributed by atoms with Crippen LogP contribution >= 0.6 is 22.6 Å². The normalized spacial score (nSPS) is 11.1. The van der Waals surface area contributed by atoms with Crippen molar-refractivity contribution < 1.29 is 9.85 Å². The van der Waals surface area contributed by atoms with Crippen LogP contribution in [0.2, 0.25) is 0 Å². The van der Waals surface area contributed by atoms with Crippen LogP contribution in [0.25, 0.3) is 44.9 Å². The molecule has 1 aliphatic rings. The number of benzene rings is 6. The van der Waals surface area contributed by atoms with E-state index >= 15 is 0 Å². The Labute approximate surface area is 297 Å². The van der Waals surface area contributed by atoms with Crippen LogP contribution in [0, 0.1) is 23.8 Å². The zero-order chi connectivity index (χ0) is 34.2. The molecule has 1 heterocycles. The van der Waals surface area contributed by atoms with Gasteiger partial charge in [-0.2, -0.15) is 0 Å². The van der Waals surface area contributed by atoms with Gasteiger partial charge in [-0.1, -0.05) is 103 Å². The minimum atomic E-state index is -0.331. The van der Waals surface area contributed by atoms with E-state index in [1.54, 1.807) is 36.4 Å². The molecule has 0 saturated carbocycles. The Morgan fingerprint density at radius 1 is 0.551 bits per heavy atom. The van der Waals surface area contributed by atoms with Gasteiger partial charge in [-0.3, -0.25) is 20.2 Å². The Hall–Kier alpha value is -5.87. The quantitative estimate of drug-likeness (QED) is 0.0993. The lowest BCUT2D eigenvalue weighted by Gasteiger charge is -2.08. The van der Waals surface area contributed by atoms with Crippen LogP contribution in [0.4, 0.5) is 11.4 Å².